The summed E-state index contributed by atoms with van der Waals surface area (Å²) in [5.41, 5.74) is 0.962. The molecule has 1 heterocycles. The fourth-order valence-electron chi connectivity index (χ4n) is 1.72. The van der Waals surface area contributed by atoms with Crippen molar-refractivity contribution in [1.29, 1.82) is 0 Å². The van der Waals surface area contributed by atoms with Crippen LogP contribution in [-0.2, 0) is 16.6 Å². The zero-order chi connectivity index (χ0) is 13.7. The summed E-state index contributed by atoms with van der Waals surface area (Å²) in [6.45, 7) is 4.29. The third-order valence-electron chi connectivity index (χ3n) is 2.62. The van der Waals surface area contributed by atoms with Gasteiger partial charge in [-0.25, -0.2) is 8.42 Å². The number of benzene rings is 1. The Labute approximate surface area is 117 Å². The van der Waals surface area contributed by atoms with Gasteiger partial charge in [0.25, 0.3) is 10.0 Å². The number of thiophene rings is 1. The minimum absolute atomic E-state index is 0.301. The number of sulfonamides is 1. The zero-order valence-electron chi connectivity index (χ0n) is 10.4. The minimum Gasteiger partial charge on any atom is -0.206 e. The van der Waals surface area contributed by atoms with Gasteiger partial charge in [0.1, 0.15) is 4.21 Å². The SMILES string of the molecule is C=CCN(Cc1ccccc1)S(=O)(=O)c1cccs1. The maximum atomic E-state index is 12.5. The quantitative estimate of drug-likeness (QED) is 0.767. The van der Waals surface area contributed by atoms with E-state index < -0.39 is 10.0 Å². The molecule has 0 spiro atoms. The van der Waals surface area contributed by atoms with Crippen molar-refractivity contribution in [2.24, 2.45) is 0 Å². The van der Waals surface area contributed by atoms with Gasteiger partial charge in [0, 0.05) is 13.1 Å². The van der Waals surface area contributed by atoms with E-state index in [0.717, 1.165) is 5.56 Å². The molecule has 1 aromatic heterocycles. The Bertz CT molecular complexity index is 619. The minimum atomic E-state index is -3.44. The van der Waals surface area contributed by atoms with Gasteiger partial charge in [-0.1, -0.05) is 42.5 Å². The van der Waals surface area contributed by atoms with E-state index in [2.05, 4.69) is 6.58 Å². The molecule has 0 bridgehead atoms. The molecule has 0 N–H and O–H groups in total. The summed E-state index contributed by atoms with van der Waals surface area (Å²) in [5, 5.41) is 1.77. The summed E-state index contributed by atoms with van der Waals surface area (Å²) in [6, 6.07) is 12.9. The average molecular weight is 293 g/mol. The van der Waals surface area contributed by atoms with Gasteiger partial charge >= 0.3 is 0 Å². The molecular weight excluding hydrogens is 278 g/mol. The van der Waals surface area contributed by atoms with Gasteiger partial charge in [-0.3, -0.25) is 0 Å². The second kappa shape index (κ2) is 6.14. The molecule has 0 saturated heterocycles. The molecule has 0 atom stereocenters. The van der Waals surface area contributed by atoms with Crippen LogP contribution in [0.5, 0.6) is 0 Å². The highest BCUT2D eigenvalue weighted by molar-refractivity contribution is 7.91. The van der Waals surface area contributed by atoms with Crippen LogP contribution in [0.2, 0.25) is 0 Å². The van der Waals surface area contributed by atoms with E-state index >= 15 is 0 Å². The molecule has 100 valence electrons. The lowest BCUT2D eigenvalue weighted by molar-refractivity contribution is 0.440. The third kappa shape index (κ3) is 3.32. The maximum Gasteiger partial charge on any atom is 0.253 e. The molecule has 5 heteroatoms. The summed E-state index contributed by atoms with van der Waals surface area (Å²) in [5.74, 6) is 0. The molecule has 1 aromatic carbocycles. The number of rotatable bonds is 6. The van der Waals surface area contributed by atoms with Crippen LogP contribution in [0.25, 0.3) is 0 Å². The topological polar surface area (TPSA) is 37.4 Å². The van der Waals surface area contributed by atoms with E-state index in [1.54, 1.807) is 23.6 Å². The fraction of sp³-hybridized carbons (Fsp3) is 0.143. The Morgan fingerprint density at radius 1 is 1.16 bits per heavy atom. The lowest BCUT2D eigenvalue weighted by Gasteiger charge is -2.19. The molecule has 3 nitrogen and oxygen atoms in total. The summed E-state index contributed by atoms with van der Waals surface area (Å²) < 4.78 is 26.8. The van der Waals surface area contributed by atoms with Gasteiger partial charge in [-0.15, -0.1) is 17.9 Å². The fourth-order valence-corrected chi connectivity index (χ4v) is 4.26. The highest BCUT2D eigenvalue weighted by atomic mass is 32.2. The molecule has 0 unspecified atom stereocenters. The van der Waals surface area contributed by atoms with Gasteiger partial charge in [-0.2, -0.15) is 4.31 Å². The summed E-state index contributed by atoms with van der Waals surface area (Å²) >= 11 is 1.23. The first-order valence-corrected chi connectivity index (χ1v) is 8.15. The predicted molar refractivity (Wildman–Crippen MR) is 78.6 cm³/mol. The second-order valence-electron chi connectivity index (χ2n) is 4.00. The maximum absolute atomic E-state index is 12.5. The van der Waals surface area contributed by atoms with Gasteiger partial charge in [0.2, 0.25) is 0 Å². The van der Waals surface area contributed by atoms with E-state index in [0.29, 0.717) is 17.3 Å². The molecule has 0 aliphatic carbocycles. The Hall–Kier alpha value is -1.43. The molecule has 0 radical (unpaired) electrons. The van der Waals surface area contributed by atoms with Crippen molar-refractivity contribution in [3.05, 3.63) is 66.1 Å². The van der Waals surface area contributed by atoms with Gasteiger partial charge in [-0.05, 0) is 17.0 Å². The van der Waals surface area contributed by atoms with Crippen molar-refractivity contribution in [3.63, 3.8) is 0 Å². The van der Waals surface area contributed by atoms with Crippen molar-refractivity contribution < 1.29 is 8.42 Å². The third-order valence-corrected chi connectivity index (χ3v) is 5.81. The summed E-state index contributed by atoms with van der Waals surface area (Å²) in [7, 11) is -3.44. The molecule has 2 aromatic rings. The molecular formula is C14H15NO2S2. The van der Waals surface area contributed by atoms with E-state index in [-0.39, 0.29) is 0 Å². The van der Waals surface area contributed by atoms with Crippen LogP contribution in [0.3, 0.4) is 0 Å². The highest BCUT2D eigenvalue weighted by Crippen LogP contribution is 2.22. The molecule has 0 amide bonds. The Balaban J connectivity index is 2.28. The van der Waals surface area contributed by atoms with Crippen LogP contribution in [0, 0.1) is 0 Å². The first-order chi connectivity index (χ1) is 9.14. The second-order valence-corrected chi connectivity index (χ2v) is 7.12. The van der Waals surface area contributed by atoms with Gasteiger partial charge < -0.3 is 0 Å². The van der Waals surface area contributed by atoms with Gasteiger partial charge in [0.15, 0.2) is 0 Å². The Morgan fingerprint density at radius 2 is 1.89 bits per heavy atom. The average Bonchev–Trinajstić information content (AvgIpc) is 2.94. The van der Waals surface area contributed by atoms with E-state index in [9.17, 15) is 8.42 Å². The van der Waals surface area contributed by atoms with E-state index in [1.165, 1.54) is 15.6 Å². The Morgan fingerprint density at radius 3 is 2.47 bits per heavy atom. The summed E-state index contributed by atoms with van der Waals surface area (Å²) in [6.07, 6.45) is 1.61. The molecule has 2 rings (SSSR count). The van der Waals surface area contributed by atoms with Crippen molar-refractivity contribution in [2.45, 2.75) is 10.8 Å². The lowest BCUT2D eigenvalue weighted by atomic mass is 10.2. The number of nitrogens with zero attached hydrogens (tertiary/aromatic N) is 1. The predicted octanol–water partition coefficient (Wildman–Crippen LogP) is 3.13. The van der Waals surface area contributed by atoms with Crippen LogP contribution >= 0.6 is 11.3 Å². The van der Waals surface area contributed by atoms with Crippen LogP contribution in [0.4, 0.5) is 0 Å². The zero-order valence-corrected chi connectivity index (χ0v) is 12.0. The van der Waals surface area contributed by atoms with Crippen LogP contribution in [-0.4, -0.2) is 19.3 Å². The van der Waals surface area contributed by atoms with Crippen molar-refractivity contribution in [3.8, 4) is 0 Å². The van der Waals surface area contributed by atoms with Gasteiger partial charge in [0.05, 0.1) is 0 Å². The van der Waals surface area contributed by atoms with E-state index in [4.69, 9.17) is 0 Å². The van der Waals surface area contributed by atoms with Crippen LogP contribution < -0.4 is 0 Å². The molecule has 0 saturated carbocycles. The summed E-state index contributed by atoms with van der Waals surface area (Å²) in [4.78, 5) is 0. The standard InChI is InChI=1S/C14H15NO2S2/c1-2-10-15(12-13-7-4-3-5-8-13)19(16,17)14-9-6-11-18-14/h2-9,11H,1,10,12H2. The van der Waals surface area contributed by atoms with E-state index in [1.807, 2.05) is 30.3 Å². The first kappa shape index (κ1) is 14.0. The van der Waals surface area contributed by atoms with Crippen molar-refractivity contribution >= 4 is 21.4 Å². The first-order valence-electron chi connectivity index (χ1n) is 5.83. The normalized spacial score (nSPS) is 11.6. The van der Waals surface area contributed by atoms with Crippen molar-refractivity contribution in [1.82, 2.24) is 4.31 Å². The molecule has 0 fully saturated rings. The molecule has 19 heavy (non-hydrogen) atoms. The monoisotopic (exact) mass is 293 g/mol. The highest BCUT2D eigenvalue weighted by Gasteiger charge is 2.24. The number of hydrogen-bond donors (Lipinski definition) is 0. The molecule has 0 aliphatic heterocycles. The Kier molecular flexibility index (Phi) is 4.52. The van der Waals surface area contributed by atoms with Crippen LogP contribution in [0.15, 0.2) is 64.7 Å². The smallest absolute Gasteiger partial charge is 0.206 e. The van der Waals surface area contributed by atoms with Crippen molar-refractivity contribution in [2.75, 3.05) is 6.54 Å². The molecule has 0 aliphatic rings. The lowest BCUT2D eigenvalue weighted by Crippen LogP contribution is -2.30. The largest absolute Gasteiger partial charge is 0.253 e. The number of hydrogen-bond acceptors (Lipinski definition) is 3. The van der Waals surface area contributed by atoms with Crippen LogP contribution in [0.1, 0.15) is 5.56 Å².